The summed E-state index contributed by atoms with van der Waals surface area (Å²) in [6.07, 6.45) is 1.73. The number of carbonyl (C=O) groups is 1. The molecule has 1 fully saturated rings. The van der Waals surface area contributed by atoms with Gasteiger partial charge in [-0.2, -0.15) is 0 Å². The van der Waals surface area contributed by atoms with Crippen LogP contribution in [-0.2, 0) is 11.3 Å². The molecular formula is C17H11Cl2NOS2. The molecule has 0 aliphatic carbocycles. The van der Waals surface area contributed by atoms with Crippen LogP contribution in [0.2, 0.25) is 10.0 Å². The van der Waals surface area contributed by atoms with E-state index in [1.165, 1.54) is 11.8 Å². The Bertz CT molecular complexity index is 805. The van der Waals surface area contributed by atoms with Crippen molar-refractivity contribution in [3.05, 3.63) is 74.6 Å². The fourth-order valence-electron chi connectivity index (χ4n) is 2.18. The van der Waals surface area contributed by atoms with Crippen molar-refractivity contribution >= 4 is 63.5 Å². The maximum Gasteiger partial charge on any atom is 0.266 e. The minimum absolute atomic E-state index is 0.111. The number of halogens is 2. The van der Waals surface area contributed by atoms with Crippen molar-refractivity contribution in [3.8, 4) is 0 Å². The molecule has 1 saturated heterocycles. The number of thioether (sulfide) groups is 1. The highest BCUT2D eigenvalue weighted by Crippen LogP contribution is 2.35. The minimum Gasteiger partial charge on any atom is -0.288 e. The standard InChI is InChI=1S/C17H11Cl2NOS2/c18-13-8-4-7-12(15(13)19)9-14-16(21)20(17(22)23-14)10-11-5-2-1-3-6-11/h1-9H,10H2/b14-9-. The summed E-state index contributed by atoms with van der Waals surface area (Å²) < 4.78 is 0.545. The zero-order valence-electron chi connectivity index (χ0n) is 11.8. The molecule has 0 bridgehead atoms. The normalized spacial score (nSPS) is 16.4. The van der Waals surface area contributed by atoms with Gasteiger partial charge in [0.1, 0.15) is 4.32 Å². The van der Waals surface area contributed by atoms with Crippen LogP contribution in [0, 0.1) is 0 Å². The number of thiocarbonyl (C=S) groups is 1. The first-order valence-electron chi connectivity index (χ1n) is 6.79. The maximum atomic E-state index is 12.6. The van der Waals surface area contributed by atoms with Crippen LogP contribution in [0.3, 0.4) is 0 Å². The molecule has 6 heteroatoms. The largest absolute Gasteiger partial charge is 0.288 e. The summed E-state index contributed by atoms with van der Waals surface area (Å²) in [4.78, 5) is 14.7. The van der Waals surface area contributed by atoms with Crippen LogP contribution in [0.1, 0.15) is 11.1 Å². The Labute approximate surface area is 154 Å². The lowest BCUT2D eigenvalue weighted by molar-refractivity contribution is -0.122. The second kappa shape index (κ2) is 7.05. The van der Waals surface area contributed by atoms with Crippen molar-refractivity contribution in [1.82, 2.24) is 4.90 Å². The van der Waals surface area contributed by atoms with E-state index in [1.54, 1.807) is 23.1 Å². The highest BCUT2D eigenvalue weighted by molar-refractivity contribution is 8.26. The van der Waals surface area contributed by atoms with Gasteiger partial charge < -0.3 is 0 Å². The van der Waals surface area contributed by atoms with E-state index >= 15 is 0 Å². The molecule has 1 amide bonds. The first-order chi connectivity index (χ1) is 11.1. The van der Waals surface area contributed by atoms with Crippen molar-refractivity contribution < 1.29 is 4.79 Å². The fourth-order valence-corrected chi connectivity index (χ4v) is 3.78. The highest BCUT2D eigenvalue weighted by atomic mass is 35.5. The minimum atomic E-state index is -0.111. The summed E-state index contributed by atoms with van der Waals surface area (Å²) in [5, 5.41) is 0.891. The lowest BCUT2D eigenvalue weighted by Crippen LogP contribution is -2.27. The van der Waals surface area contributed by atoms with Crippen molar-refractivity contribution in [1.29, 1.82) is 0 Å². The lowest BCUT2D eigenvalue weighted by Gasteiger charge is -2.14. The maximum absolute atomic E-state index is 12.6. The Morgan fingerprint density at radius 1 is 1.09 bits per heavy atom. The number of hydrogen-bond donors (Lipinski definition) is 0. The van der Waals surface area contributed by atoms with E-state index in [0.717, 1.165) is 5.56 Å². The molecule has 1 aliphatic heterocycles. The van der Waals surface area contributed by atoms with Gasteiger partial charge in [-0.1, -0.05) is 89.6 Å². The predicted octanol–water partition coefficient (Wildman–Crippen LogP) is 5.39. The Morgan fingerprint density at radius 3 is 2.57 bits per heavy atom. The van der Waals surface area contributed by atoms with Gasteiger partial charge in [-0.25, -0.2) is 0 Å². The summed E-state index contributed by atoms with van der Waals surface area (Å²) in [6.45, 7) is 0.464. The average Bonchev–Trinajstić information content (AvgIpc) is 2.80. The second-order valence-electron chi connectivity index (χ2n) is 4.90. The monoisotopic (exact) mass is 379 g/mol. The van der Waals surface area contributed by atoms with E-state index in [9.17, 15) is 4.79 Å². The number of carbonyl (C=O) groups excluding carboxylic acids is 1. The molecule has 3 rings (SSSR count). The fraction of sp³-hybridized carbons (Fsp3) is 0.0588. The molecular weight excluding hydrogens is 369 g/mol. The van der Waals surface area contributed by atoms with Gasteiger partial charge in [0, 0.05) is 0 Å². The van der Waals surface area contributed by atoms with E-state index in [4.69, 9.17) is 35.4 Å². The predicted molar refractivity (Wildman–Crippen MR) is 102 cm³/mol. The topological polar surface area (TPSA) is 20.3 Å². The highest BCUT2D eigenvalue weighted by Gasteiger charge is 2.32. The van der Waals surface area contributed by atoms with Gasteiger partial charge in [0.2, 0.25) is 0 Å². The third kappa shape index (κ3) is 3.61. The summed E-state index contributed by atoms with van der Waals surface area (Å²) >= 11 is 18.8. The van der Waals surface area contributed by atoms with Crippen molar-refractivity contribution in [2.45, 2.75) is 6.54 Å². The van der Waals surface area contributed by atoms with Crippen LogP contribution >= 0.6 is 47.2 Å². The van der Waals surface area contributed by atoms with Gasteiger partial charge in [-0.05, 0) is 23.3 Å². The summed E-state index contributed by atoms with van der Waals surface area (Å²) in [5.74, 6) is -0.111. The molecule has 2 aromatic carbocycles. The number of amides is 1. The van der Waals surface area contributed by atoms with Crippen LogP contribution in [0.4, 0.5) is 0 Å². The average molecular weight is 380 g/mol. The van der Waals surface area contributed by atoms with Crippen LogP contribution in [0.5, 0.6) is 0 Å². The third-order valence-electron chi connectivity index (χ3n) is 3.33. The van der Waals surface area contributed by atoms with Crippen LogP contribution in [0.15, 0.2) is 53.4 Å². The van der Waals surface area contributed by atoms with Crippen molar-refractivity contribution in [2.24, 2.45) is 0 Å². The number of rotatable bonds is 3. The summed E-state index contributed by atoms with van der Waals surface area (Å²) in [7, 11) is 0. The summed E-state index contributed by atoms with van der Waals surface area (Å²) in [5.41, 5.74) is 1.74. The molecule has 2 aromatic rings. The Kier molecular flexibility index (Phi) is 5.07. The Hall–Kier alpha value is -1.33. The molecule has 0 aromatic heterocycles. The van der Waals surface area contributed by atoms with Gasteiger partial charge in [-0.15, -0.1) is 0 Å². The molecule has 0 radical (unpaired) electrons. The zero-order chi connectivity index (χ0) is 16.4. The molecule has 0 saturated carbocycles. The molecule has 0 unspecified atom stereocenters. The zero-order valence-corrected chi connectivity index (χ0v) is 15.0. The summed E-state index contributed by atoms with van der Waals surface area (Å²) in [6, 6.07) is 15.1. The molecule has 23 heavy (non-hydrogen) atoms. The van der Waals surface area contributed by atoms with E-state index < -0.39 is 0 Å². The lowest BCUT2D eigenvalue weighted by atomic mass is 10.2. The van der Waals surface area contributed by atoms with Crippen molar-refractivity contribution in [2.75, 3.05) is 0 Å². The van der Waals surface area contributed by atoms with Crippen LogP contribution in [0.25, 0.3) is 6.08 Å². The molecule has 0 spiro atoms. The first-order valence-corrected chi connectivity index (χ1v) is 8.77. The van der Waals surface area contributed by atoms with E-state index in [1.807, 2.05) is 36.4 Å². The molecule has 0 N–H and O–H groups in total. The third-order valence-corrected chi connectivity index (χ3v) is 5.54. The van der Waals surface area contributed by atoms with E-state index in [-0.39, 0.29) is 5.91 Å². The van der Waals surface area contributed by atoms with Gasteiger partial charge in [0.05, 0.1) is 21.5 Å². The number of benzene rings is 2. The molecule has 1 heterocycles. The van der Waals surface area contributed by atoms with Gasteiger partial charge in [0.25, 0.3) is 5.91 Å². The molecule has 1 aliphatic rings. The molecule has 2 nitrogen and oxygen atoms in total. The Balaban J connectivity index is 1.86. The van der Waals surface area contributed by atoms with Crippen LogP contribution < -0.4 is 0 Å². The molecule has 116 valence electrons. The van der Waals surface area contributed by atoms with Gasteiger partial charge in [0.15, 0.2) is 0 Å². The number of hydrogen-bond acceptors (Lipinski definition) is 3. The van der Waals surface area contributed by atoms with Crippen molar-refractivity contribution in [3.63, 3.8) is 0 Å². The second-order valence-corrected chi connectivity index (χ2v) is 7.36. The Morgan fingerprint density at radius 2 is 1.83 bits per heavy atom. The van der Waals surface area contributed by atoms with Gasteiger partial charge in [-0.3, -0.25) is 9.69 Å². The molecule has 0 atom stereocenters. The smallest absolute Gasteiger partial charge is 0.266 e. The van der Waals surface area contributed by atoms with Crippen LogP contribution in [-0.4, -0.2) is 15.1 Å². The first kappa shape index (κ1) is 16.5. The van der Waals surface area contributed by atoms with E-state index in [0.29, 0.717) is 31.4 Å². The van der Waals surface area contributed by atoms with Gasteiger partial charge >= 0.3 is 0 Å². The number of nitrogens with zero attached hydrogens (tertiary/aromatic N) is 1. The SMILES string of the molecule is O=C1/C(=C/c2cccc(Cl)c2Cl)SC(=S)N1Cc1ccccc1. The van der Waals surface area contributed by atoms with E-state index in [2.05, 4.69) is 0 Å². The quantitative estimate of drug-likeness (QED) is 0.526.